The third kappa shape index (κ3) is 3.26. The molecular weight excluding hydrogens is 286 g/mol. The molecule has 4 heteroatoms. The SMILES string of the molecule is C/C=C/c1ccc(C(=O)Nc2cccc3nnc(C)cc23)cc1. The first-order valence-corrected chi connectivity index (χ1v) is 7.44. The van der Waals surface area contributed by atoms with Crippen LogP contribution in [0.15, 0.2) is 54.6 Å². The molecule has 0 aliphatic rings. The number of carbonyl (C=O) groups is 1. The Balaban J connectivity index is 1.89. The summed E-state index contributed by atoms with van der Waals surface area (Å²) in [5.74, 6) is -0.140. The first kappa shape index (κ1) is 14.9. The van der Waals surface area contributed by atoms with Crippen LogP contribution in [0.3, 0.4) is 0 Å². The van der Waals surface area contributed by atoms with Gasteiger partial charge in [-0.3, -0.25) is 4.79 Å². The van der Waals surface area contributed by atoms with Crippen molar-refractivity contribution < 1.29 is 4.79 Å². The third-order valence-electron chi connectivity index (χ3n) is 3.53. The lowest BCUT2D eigenvalue weighted by molar-refractivity contribution is 0.102. The summed E-state index contributed by atoms with van der Waals surface area (Å²) in [7, 11) is 0. The number of amides is 1. The van der Waals surface area contributed by atoms with Gasteiger partial charge in [-0.05, 0) is 49.7 Å². The van der Waals surface area contributed by atoms with Gasteiger partial charge in [-0.15, -0.1) is 0 Å². The quantitative estimate of drug-likeness (QED) is 0.788. The molecule has 0 fully saturated rings. The molecule has 0 aliphatic heterocycles. The maximum Gasteiger partial charge on any atom is 0.255 e. The Labute approximate surface area is 134 Å². The van der Waals surface area contributed by atoms with Crippen molar-refractivity contribution >= 4 is 28.6 Å². The Bertz CT molecular complexity index is 883. The zero-order valence-electron chi connectivity index (χ0n) is 13.1. The minimum atomic E-state index is -0.140. The van der Waals surface area contributed by atoms with E-state index in [4.69, 9.17) is 0 Å². The number of rotatable bonds is 3. The smallest absolute Gasteiger partial charge is 0.255 e. The van der Waals surface area contributed by atoms with Crippen LogP contribution in [0.2, 0.25) is 0 Å². The van der Waals surface area contributed by atoms with Gasteiger partial charge in [0.05, 0.1) is 16.9 Å². The van der Waals surface area contributed by atoms with Gasteiger partial charge in [-0.2, -0.15) is 10.2 Å². The van der Waals surface area contributed by atoms with Crippen molar-refractivity contribution in [2.75, 3.05) is 5.32 Å². The second-order valence-corrected chi connectivity index (χ2v) is 5.30. The zero-order valence-corrected chi connectivity index (χ0v) is 13.1. The van der Waals surface area contributed by atoms with E-state index in [9.17, 15) is 4.79 Å². The third-order valence-corrected chi connectivity index (χ3v) is 3.53. The molecule has 1 amide bonds. The van der Waals surface area contributed by atoms with Crippen molar-refractivity contribution in [3.8, 4) is 0 Å². The van der Waals surface area contributed by atoms with Crippen molar-refractivity contribution in [3.63, 3.8) is 0 Å². The molecule has 114 valence electrons. The molecule has 0 spiro atoms. The Morgan fingerprint density at radius 2 is 1.87 bits per heavy atom. The van der Waals surface area contributed by atoms with Crippen LogP contribution in [-0.4, -0.2) is 16.1 Å². The van der Waals surface area contributed by atoms with Gasteiger partial charge in [0, 0.05) is 10.9 Å². The summed E-state index contributed by atoms with van der Waals surface area (Å²) < 4.78 is 0. The molecule has 3 aromatic rings. The molecule has 0 radical (unpaired) electrons. The molecule has 1 heterocycles. The number of benzene rings is 2. The van der Waals surface area contributed by atoms with E-state index in [-0.39, 0.29) is 5.91 Å². The van der Waals surface area contributed by atoms with Gasteiger partial charge < -0.3 is 5.32 Å². The largest absolute Gasteiger partial charge is 0.321 e. The predicted molar refractivity (Wildman–Crippen MR) is 93.4 cm³/mol. The summed E-state index contributed by atoms with van der Waals surface area (Å²) in [6.07, 6.45) is 3.96. The Kier molecular flexibility index (Phi) is 4.15. The fraction of sp³-hybridized carbons (Fsp3) is 0.105. The number of nitrogens with one attached hydrogen (secondary N) is 1. The van der Waals surface area contributed by atoms with Gasteiger partial charge in [-0.1, -0.05) is 30.4 Å². The van der Waals surface area contributed by atoms with Crippen LogP contribution in [0.4, 0.5) is 5.69 Å². The number of allylic oxidation sites excluding steroid dienone is 1. The highest BCUT2D eigenvalue weighted by atomic mass is 16.1. The number of hydrogen-bond donors (Lipinski definition) is 1. The van der Waals surface area contributed by atoms with Gasteiger partial charge in [0.25, 0.3) is 5.91 Å². The Morgan fingerprint density at radius 1 is 1.09 bits per heavy atom. The molecule has 0 aliphatic carbocycles. The summed E-state index contributed by atoms with van der Waals surface area (Å²) in [6.45, 7) is 3.84. The molecule has 0 saturated heterocycles. The van der Waals surface area contributed by atoms with E-state index in [0.717, 1.165) is 27.8 Å². The minimum absolute atomic E-state index is 0.140. The Hall–Kier alpha value is -3.01. The summed E-state index contributed by atoms with van der Waals surface area (Å²) in [4.78, 5) is 12.4. The fourth-order valence-corrected chi connectivity index (χ4v) is 2.40. The molecule has 1 aromatic heterocycles. The van der Waals surface area contributed by atoms with Gasteiger partial charge in [-0.25, -0.2) is 0 Å². The van der Waals surface area contributed by atoms with Gasteiger partial charge in [0.15, 0.2) is 0 Å². The highest BCUT2D eigenvalue weighted by Crippen LogP contribution is 2.22. The zero-order chi connectivity index (χ0) is 16.2. The van der Waals surface area contributed by atoms with Crippen molar-refractivity contribution in [2.45, 2.75) is 13.8 Å². The molecule has 1 N–H and O–H groups in total. The van der Waals surface area contributed by atoms with E-state index in [2.05, 4.69) is 15.5 Å². The fourth-order valence-electron chi connectivity index (χ4n) is 2.40. The average molecular weight is 303 g/mol. The molecule has 3 rings (SSSR count). The lowest BCUT2D eigenvalue weighted by Gasteiger charge is -2.09. The highest BCUT2D eigenvalue weighted by molar-refractivity contribution is 6.08. The minimum Gasteiger partial charge on any atom is -0.321 e. The van der Waals surface area contributed by atoms with E-state index >= 15 is 0 Å². The van der Waals surface area contributed by atoms with Crippen LogP contribution in [0.25, 0.3) is 17.0 Å². The summed E-state index contributed by atoms with van der Waals surface area (Å²) in [5.41, 5.74) is 4.00. The maximum absolute atomic E-state index is 12.4. The van der Waals surface area contributed by atoms with E-state index < -0.39 is 0 Å². The van der Waals surface area contributed by atoms with Gasteiger partial charge in [0.2, 0.25) is 0 Å². The molecule has 23 heavy (non-hydrogen) atoms. The monoisotopic (exact) mass is 303 g/mol. The van der Waals surface area contributed by atoms with Crippen molar-refractivity contribution in [1.29, 1.82) is 0 Å². The maximum atomic E-state index is 12.4. The molecule has 0 saturated carbocycles. The number of aryl methyl sites for hydroxylation is 1. The van der Waals surface area contributed by atoms with Crippen LogP contribution < -0.4 is 5.32 Å². The van der Waals surface area contributed by atoms with Crippen LogP contribution in [0, 0.1) is 6.92 Å². The first-order valence-electron chi connectivity index (χ1n) is 7.44. The normalized spacial score (nSPS) is 11.0. The van der Waals surface area contributed by atoms with E-state index in [1.54, 1.807) is 0 Å². The second-order valence-electron chi connectivity index (χ2n) is 5.30. The van der Waals surface area contributed by atoms with Crippen molar-refractivity contribution in [3.05, 3.63) is 71.4 Å². The number of carbonyl (C=O) groups excluding carboxylic acids is 1. The van der Waals surface area contributed by atoms with Crippen LogP contribution in [0.1, 0.15) is 28.5 Å². The van der Waals surface area contributed by atoms with Crippen LogP contribution in [-0.2, 0) is 0 Å². The predicted octanol–water partition coefficient (Wildman–Crippen LogP) is 4.22. The molecule has 4 nitrogen and oxygen atoms in total. The lowest BCUT2D eigenvalue weighted by Crippen LogP contribution is -2.12. The summed E-state index contributed by atoms with van der Waals surface area (Å²) >= 11 is 0. The average Bonchev–Trinajstić information content (AvgIpc) is 2.56. The van der Waals surface area contributed by atoms with Gasteiger partial charge in [0.1, 0.15) is 0 Å². The topological polar surface area (TPSA) is 54.9 Å². The summed E-state index contributed by atoms with van der Waals surface area (Å²) in [6, 6.07) is 15.0. The summed E-state index contributed by atoms with van der Waals surface area (Å²) in [5, 5.41) is 12.0. The van der Waals surface area contributed by atoms with Crippen molar-refractivity contribution in [2.24, 2.45) is 0 Å². The molecular formula is C19H17N3O. The molecule has 0 unspecified atom stereocenters. The number of aromatic nitrogens is 2. The number of hydrogen-bond acceptors (Lipinski definition) is 3. The second kappa shape index (κ2) is 6.40. The molecule has 2 aromatic carbocycles. The Morgan fingerprint density at radius 3 is 2.61 bits per heavy atom. The number of fused-ring (bicyclic) bond motifs is 1. The van der Waals surface area contributed by atoms with E-state index in [1.807, 2.05) is 74.5 Å². The van der Waals surface area contributed by atoms with E-state index in [0.29, 0.717) is 5.56 Å². The molecule has 0 bridgehead atoms. The van der Waals surface area contributed by atoms with Crippen LogP contribution >= 0.6 is 0 Å². The lowest BCUT2D eigenvalue weighted by atomic mass is 10.1. The molecule has 0 atom stereocenters. The highest BCUT2D eigenvalue weighted by Gasteiger charge is 2.09. The van der Waals surface area contributed by atoms with E-state index in [1.165, 1.54) is 0 Å². The standard InChI is InChI=1S/C19H17N3O/c1-3-5-14-8-10-15(11-9-14)19(23)20-17-6-4-7-18-16(17)12-13(2)21-22-18/h3-12H,1-2H3,(H,20,23)/b5-3+. The van der Waals surface area contributed by atoms with Crippen LogP contribution in [0.5, 0.6) is 0 Å². The number of anilines is 1. The van der Waals surface area contributed by atoms with Gasteiger partial charge >= 0.3 is 0 Å². The first-order chi connectivity index (χ1) is 11.2. The van der Waals surface area contributed by atoms with Crippen molar-refractivity contribution in [1.82, 2.24) is 10.2 Å². The number of nitrogens with zero attached hydrogens (tertiary/aromatic N) is 2.